The zero-order valence-electron chi connectivity index (χ0n) is 43.4. The van der Waals surface area contributed by atoms with E-state index in [-0.39, 0.29) is 82.8 Å². The molecule has 6 aromatic rings. The number of ether oxygens (including phenoxy) is 1. The van der Waals surface area contributed by atoms with Gasteiger partial charge in [0.15, 0.2) is 11.6 Å². The van der Waals surface area contributed by atoms with Crippen LogP contribution < -0.4 is 20.3 Å². The molecule has 0 bridgehead atoms. The summed E-state index contributed by atoms with van der Waals surface area (Å²) in [7, 11) is 0. The summed E-state index contributed by atoms with van der Waals surface area (Å²) in [6, 6.07) is 18.2. The topological polar surface area (TPSA) is 208 Å². The van der Waals surface area contributed by atoms with E-state index in [1.165, 1.54) is 12.1 Å². The van der Waals surface area contributed by atoms with Crippen LogP contribution in [0.1, 0.15) is 84.2 Å². The minimum absolute atomic E-state index is 0.00726. The van der Waals surface area contributed by atoms with Crippen LogP contribution >= 0.6 is 0 Å². The maximum absolute atomic E-state index is 15.2. The largest absolute Gasteiger partial charge is 0.488 e. The zero-order valence-corrected chi connectivity index (χ0v) is 43.4. The fourth-order valence-electron chi connectivity index (χ4n) is 11.5. The lowest BCUT2D eigenvalue weighted by atomic mass is 10.0. The Kier molecular flexibility index (Phi) is 13.3. The molecule has 7 heterocycles. The predicted octanol–water partition coefficient (Wildman–Crippen LogP) is 6.04. The number of fused-ring (bicyclic) bond motifs is 2. The van der Waals surface area contributed by atoms with Crippen molar-refractivity contribution in [3.05, 3.63) is 119 Å². The molecule has 0 radical (unpaired) electrons. The fraction of sp³-hybridized carbons (Fsp3) is 0.393. The summed E-state index contributed by atoms with van der Waals surface area (Å²) in [5, 5.41) is 5.24. The summed E-state index contributed by atoms with van der Waals surface area (Å²) in [5.41, 5.74) is 3.55. The van der Waals surface area contributed by atoms with Gasteiger partial charge in [-0.15, -0.1) is 0 Å². The van der Waals surface area contributed by atoms with Crippen molar-refractivity contribution in [1.29, 1.82) is 0 Å². The third kappa shape index (κ3) is 9.61. The number of nitrogens with zero attached hydrogens (tertiary/aromatic N) is 10. The Labute approximate surface area is 442 Å². The van der Waals surface area contributed by atoms with Gasteiger partial charge in [0, 0.05) is 76.9 Å². The van der Waals surface area contributed by atoms with E-state index < -0.39 is 52.6 Å². The third-order valence-corrected chi connectivity index (χ3v) is 15.7. The van der Waals surface area contributed by atoms with Crippen molar-refractivity contribution in [2.75, 3.05) is 62.6 Å². The number of aryl methyl sites for hydroxylation is 1. The van der Waals surface area contributed by atoms with Crippen LogP contribution in [0.4, 0.5) is 26.2 Å². The maximum Gasteiger partial charge on any atom is 0.266 e. The number of piperidine rings is 1. The molecule has 3 aromatic heterocycles. The van der Waals surface area contributed by atoms with E-state index in [0.717, 1.165) is 27.9 Å². The predicted molar refractivity (Wildman–Crippen MR) is 279 cm³/mol. The standard InChI is InChI=1S/C56H58F2N12O7/c1-31(2)69-32(3)61-49-38(57)25-35(26-41(49)69)48-39(58)28-60-55(64-48)62-43-15-13-36(27-59-43)66-21-23-68(24-22-66)54(76)47-46(56(47,4)5)53(75)67-19-17-65(18-20-67)29-33-9-11-34(12-10-33)30-77-42-8-6-7-37-45(42)52(74)70(51(37)73)40-14-16-44(71)63-50(40)72/h6-13,15,25-28,31,40,46-47H,14,16-24,29-30H2,1-5H3,(H,63,71,72)(H,59,60,62,64). The lowest BCUT2D eigenvalue weighted by molar-refractivity contribution is -0.139. The van der Waals surface area contributed by atoms with Gasteiger partial charge in [-0.3, -0.25) is 43.9 Å². The number of piperazine rings is 2. The summed E-state index contributed by atoms with van der Waals surface area (Å²) < 4.78 is 38.4. The second-order valence-corrected chi connectivity index (χ2v) is 21.3. The van der Waals surface area contributed by atoms with Gasteiger partial charge in [-0.1, -0.05) is 44.2 Å². The summed E-state index contributed by atoms with van der Waals surface area (Å²) >= 11 is 0. The number of hydrogen-bond donors (Lipinski definition) is 2. The lowest BCUT2D eigenvalue weighted by Gasteiger charge is -2.36. The molecule has 77 heavy (non-hydrogen) atoms. The first kappa shape index (κ1) is 50.9. The Bertz CT molecular complexity index is 3370. The van der Waals surface area contributed by atoms with Crippen LogP contribution in [0.3, 0.4) is 0 Å². The molecule has 398 valence electrons. The highest BCUT2D eigenvalue weighted by Gasteiger charge is 2.67. The summed E-state index contributed by atoms with van der Waals surface area (Å²) in [6.07, 6.45) is 2.86. The summed E-state index contributed by atoms with van der Waals surface area (Å²) in [4.78, 5) is 106. The highest BCUT2D eigenvalue weighted by molar-refractivity contribution is 6.24. The van der Waals surface area contributed by atoms with Gasteiger partial charge in [0.25, 0.3) is 11.8 Å². The lowest BCUT2D eigenvalue weighted by Crippen LogP contribution is -2.54. The number of carbonyl (C=O) groups excluding carboxylic acids is 6. The number of amides is 6. The number of aromatic nitrogens is 5. The number of rotatable bonds is 13. The van der Waals surface area contributed by atoms with Gasteiger partial charge in [-0.25, -0.2) is 28.7 Å². The van der Waals surface area contributed by atoms with Crippen LogP contribution in [0.5, 0.6) is 5.75 Å². The van der Waals surface area contributed by atoms with Crippen LogP contribution in [0.2, 0.25) is 0 Å². The number of hydrogen-bond acceptors (Lipinski definition) is 14. The van der Waals surface area contributed by atoms with Crippen LogP contribution in [-0.4, -0.2) is 138 Å². The van der Waals surface area contributed by atoms with Crippen molar-refractivity contribution in [2.24, 2.45) is 17.3 Å². The molecular weight excluding hydrogens is 991 g/mol. The summed E-state index contributed by atoms with van der Waals surface area (Å²) in [5.74, 6) is -2.93. The van der Waals surface area contributed by atoms with Gasteiger partial charge >= 0.3 is 0 Å². The van der Waals surface area contributed by atoms with Gasteiger partial charge in [0.05, 0.1) is 46.6 Å². The Morgan fingerprint density at radius 1 is 0.805 bits per heavy atom. The number of imide groups is 2. The van der Waals surface area contributed by atoms with Crippen molar-refractivity contribution in [3.8, 4) is 17.0 Å². The van der Waals surface area contributed by atoms with Gasteiger partial charge in [-0.2, -0.15) is 0 Å². The van der Waals surface area contributed by atoms with Gasteiger partial charge in [0.2, 0.25) is 29.6 Å². The number of nitrogens with one attached hydrogen (secondary N) is 2. The molecule has 4 aliphatic heterocycles. The van der Waals surface area contributed by atoms with Crippen LogP contribution in [0.15, 0.2) is 79.1 Å². The number of benzene rings is 3. The van der Waals surface area contributed by atoms with Gasteiger partial charge < -0.3 is 29.3 Å². The normalized spacial score (nSPS) is 20.5. The molecule has 3 atom stereocenters. The average Bonchev–Trinajstić information content (AvgIpc) is 3.94. The van der Waals surface area contributed by atoms with Gasteiger partial charge in [0.1, 0.15) is 41.3 Å². The molecule has 3 aromatic carbocycles. The van der Waals surface area contributed by atoms with Crippen molar-refractivity contribution >= 4 is 63.9 Å². The van der Waals surface area contributed by atoms with Crippen molar-refractivity contribution in [3.63, 3.8) is 0 Å². The molecule has 6 amide bonds. The number of carbonyl (C=O) groups is 6. The SMILES string of the molecule is Cc1nc2c(F)cc(-c3nc(Nc4ccc(N5CCN(C(=O)C6C(C(=O)N7CCN(Cc8ccc(COc9cccc%10c9C(=O)N(C9CCC(=O)NC9=O)C%10=O)cc8)CC7)C6(C)C)CC5)cn4)ncc3F)cc2n1C(C)C. The van der Waals surface area contributed by atoms with Crippen molar-refractivity contribution in [1.82, 2.24) is 49.4 Å². The van der Waals surface area contributed by atoms with E-state index in [1.807, 2.05) is 72.4 Å². The number of imidazole rings is 1. The number of halogens is 2. The molecule has 1 aliphatic carbocycles. The first-order valence-corrected chi connectivity index (χ1v) is 26.0. The monoisotopic (exact) mass is 1050 g/mol. The molecule has 3 saturated heterocycles. The molecular formula is C56H58F2N12O7. The quantitative estimate of drug-likeness (QED) is 0.126. The van der Waals surface area contributed by atoms with Crippen molar-refractivity contribution < 1.29 is 42.3 Å². The molecule has 1 saturated carbocycles. The molecule has 2 N–H and O–H groups in total. The number of pyridine rings is 1. The van der Waals surface area contributed by atoms with E-state index >= 15 is 8.78 Å². The van der Waals surface area contributed by atoms with Crippen LogP contribution in [-0.2, 0) is 32.3 Å². The average molecular weight is 1050 g/mol. The highest BCUT2D eigenvalue weighted by Crippen LogP contribution is 2.60. The minimum atomic E-state index is -1.07. The molecule has 11 rings (SSSR count). The molecule has 0 spiro atoms. The fourth-order valence-corrected chi connectivity index (χ4v) is 11.5. The molecule has 21 heteroatoms. The third-order valence-electron chi connectivity index (χ3n) is 15.7. The maximum atomic E-state index is 15.2. The van der Waals surface area contributed by atoms with E-state index in [2.05, 4.69) is 40.4 Å². The van der Waals surface area contributed by atoms with Crippen LogP contribution in [0.25, 0.3) is 22.3 Å². The molecule has 19 nitrogen and oxygen atoms in total. The molecule has 4 fully saturated rings. The Morgan fingerprint density at radius 2 is 1.49 bits per heavy atom. The Hall–Kier alpha value is -8.20. The Balaban J connectivity index is 0.633. The smallest absolute Gasteiger partial charge is 0.266 e. The first-order valence-electron chi connectivity index (χ1n) is 26.0. The number of anilines is 3. The van der Waals surface area contributed by atoms with Gasteiger partial charge in [-0.05, 0) is 80.1 Å². The second-order valence-electron chi connectivity index (χ2n) is 21.3. The van der Waals surface area contributed by atoms with Crippen LogP contribution in [0, 0.1) is 35.8 Å². The van der Waals surface area contributed by atoms with E-state index in [1.54, 1.807) is 37.4 Å². The Morgan fingerprint density at radius 3 is 2.16 bits per heavy atom. The highest BCUT2D eigenvalue weighted by atomic mass is 19.1. The van der Waals surface area contributed by atoms with E-state index in [0.29, 0.717) is 76.1 Å². The summed E-state index contributed by atoms with van der Waals surface area (Å²) in [6.45, 7) is 15.2. The molecule has 3 unspecified atom stereocenters. The second kappa shape index (κ2) is 20.1. The molecule has 5 aliphatic rings. The van der Waals surface area contributed by atoms with Crippen molar-refractivity contribution in [2.45, 2.75) is 72.7 Å². The minimum Gasteiger partial charge on any atom is -0.488 e. The van der Waals surface area contributed by atoms with E-state index in [9.17, 15) is 28.8 Å². The zero-order chi connectivity index (χ0) is 54.0. The van der Waals surface area contributed by atoms with E-state index in [4.69, 9.17) is 4.74 Å². The first-order chi connectivity index (χ1) is 36.9.